The minimum atomic E-state index is -1.35. The van der Waals surface area contributed by atoms with E-state index >= 15 is 0 Å². The Kier molecular flexibility index (Phi) is 6.28. The number of aliphatic hydroxyl groups is 2. The minimum Gasteiger partial charge on any atom is -0.394 e. The fourth-order valence-electron chi connectivity index (χ4n) is 1.80. The SMILES string of the molecule is O=C(NOCC(O)CO)c1ccc(F)c(F)c1Nc1cncc(F)c1. The minimum absolute atomic E-state index is 0.00447. The smallest absolute Gasteiger partial charge is 0.277 e. The summed E-state index contributed by atoms with van der Waals surface area (Å²) in [5.74, 6) is -4.24. The van der Waals surface area contributed by atoms with Crippen molar-refractivity contribution in [2.45, 2.75) is 6.10 Å². The molecule has 0 fully saturated rings. The summed E-state index contributed by atoms with van der Waals surface area (Å²) < 4.78 is 40.7. The van der Waals surface area contributed by atoms with Crippen molar-refractivity contribution >= 4 is 17.3 Å². The Morgan fingerprint density at radius 3 is 2.72 bits per heavy atom. The number of aromatic nitrogens is 1. The molecule has 1 aromatic heterocycles. The molecule has 25 heavy (non-hydrogen) atoms. The third-order valence-corrected chi connectivity index (χ3v) is 2.97. The summed E-state index contributed by atoms with van der Waals surface area (Å²) in [6, 6.07) is 2.71. The quantitative estimate of drug-likeness (QED) is 0.556. The lowest BCUT2D eigenvalue weighted by molar-refractivity contribution is -0.0295. The molecule has 1 aromatic carbocycles. The van der Waals surface area contributed by atoms with Gasteiger partial charge in [-0.15, -0.1) is 0 Å². The first-order valence-electron chi connectivity index (χ1n) is 6.99. The van der Waals surface area contributed by atoms with Crippen LogP contribution in [0.15, 0.2) is 30.6 Å². The molecule has 4 N–H and O–H groups in total. The fraction of sp³-hybridized carbons (Fsp3) is 0.200. The molecule has 0 saturated heterocycles. The maximum Gasteiger partial charge on any atom is 0.277 e. The van der Waals surface area contributed by atoms with E-state index in [1.54, 1.807) is 0 Å². The second kappa shape index (κ2) is 8.42. The summed E-state index contributed by atoms with van der Waals surface area (Å²) in [5, 5.41) is 20.1. The van der Waals surface area contributed by atoms with Gasteiger partial charge in [-0.25, -0.2) is 18.7 Å². The van der Waals surface area contributed by atoms with E-state index in [0.717, 1.165) is 30.6 Å². The van der Waals surface area contributed by atoms with Crippen LogP contribution in [0.1, 0.15) is 10.4 Å². The second-order valence-corrected chi connectivity index (χ2v) is 4.88. The van der Waals surface area contributed by atoms with E-state index in [4.69, 9.17) is 10.2 Å². The van der Waals surface area contributed by atoms with E-state index in [9.17, 15) is 18.0 Å². The number of benzene rings is 1. The van der Waals surface area contributed by atoms with Crippen molar-refractivity contribution in [1.29, 1.82) is 0 Å². The van der Waals surface area contributed by atoms with Crippen LogP contribution in [0.4, 0.5) is 24.5 Å². The van der Waals surface area contributed by atoms with E-state index < -0.39 is 48.4 Å². The van der Waals surface area contributed by atoms with Gasteiger partial charge in [0.2, 0.25) is 0 Å². The molecule has 0 aliphatic carbocycles. The van der Waals surface area contributed by atoms with Crippen LogP contribution >= 0.6 is 0 Å². The number of pyridine rings is 1. The Morgan fingerprint density at radius 2 is 2.04 bits per heavy atom. The van der Waals surface area contributed by atoms with Gasteiger partial charge < -0.3 is 15.5 Å². The lowest BCUT2D eigenvalue weighted by Crippen LogP contribution is -2.30. The highest BCUT2D eigenvalue weighted by Crippen LogP contribution is 2.26. The molecule has 2 rings (SSSR count). The van der Waals surface area contributed by atoms with Crippen molar-refractivity contribution in [2.75, 3.05) is 18.5 Å². The lowest BCUT2D eigenvalue weighted by atomic mass is 10.1. The van der Waals surface area contributed by atoms with Gasteiger partial charge in [-0.05, 0) is 12.1 Å². The predicted octanol–water partition coefficient (Wildman–Crippen LogP) is 1.26. The van der Waals surface area contributed by atoms with E-state index in [-0.39, 0.29) is 11.3 Å². The summed E-state index contributed by atoms with van der Waals surface area (Å²) in [4.78, 5) is 20.3. The Labute approximate surface area is 140 Å². The van der Waals surface area contributed by atoms with Crippen molar-refractivity contribution in [2.24, 2.45) is 0 Å². The van der Waals surface area contributed by atoms with Crippen molar-refractivity contribution in [3.8, 4) is 0 Å². The highest BCUT2D eigenvalue weighted by Gasteiger charge is 2.20. The molecule has 1 atom stereocenters. The van der Waals surface area contributed by atoms with Gasteiger partial charge in [-0.3, -0.25) is 14.6 Å². The zero-order chi connectivity index (χ0) is 18.4. The number of hydrogen-bond acceptors (Lipinski definition) is 6. The third kappa shape index (κ3) is 4.89. The second-order valence-electron chi connectivity index (χ2n) is 4.88. The van der Waals surface area contributed by atoms with Crippen LogP contribution in [0.5, 0.6) is 0 Å². The molecule has 1 unspecified atom stereocenters. The fourth-order valence-corrected chi connectivity index (χ4v) is 1.80. The molecule has 0 bridgehead atoms. The molecule has 0 spiro atoms. The molecular weight excluding hydrogens is 343 g/mol. The van der Waals surface area contributed by atoms with Gasteiger partial charge in [0, 0.05) is 6.07 Å². The van der Waals surface area contributed by atoms with Crippen LogP contribution in [-0.4, -0.2) is 40.4 Å². The number of hydroxylamine groups is 1. The number of carbonyl (C=O) groups is 1. The van der Waals surface area contributed by atoms with Crippen LogP contribution in [0.2, 0.25) is 0 Å². The lowest BCUT2D eigenvalue weighted by Gasteiger charge is -2.14. The number of nitrogens with zero attached hydrogens (tertiary/aromatic N) is 1. The van der Waals surface area contributed by atoms with Crippen LogP contribution in [0.25, 0.3) is 0 Å². The first-order valence-corrected chi connectivity index (χ1v) is 6.99. The van der Waals surface area contributed by atoms with Gasteiger partial charge in [0.25, 0.3) is 5.91 Å². The topological polar surface area (TPSA) is 104 Å². The van der Waals surface area contributed by atoms with Crippen LogP contribution < -0.4 is 10.8 Å². The first kappa shape index (κ1) is 18.6. The van der Waals surface area contributed by atoms with Gasteiger partial charge in [0.15, 0.2) is 11.6 Å². The largest absolute Gasteiger partial charge is 0.394 e. The number of aliphatic hydroxyl groups excluding tert-OH is 2. The Hall–Kier alpha value is -2.69. The molecule has 0 radical (unpaired) electrons. The molecule has 1 amide bonds. The van der Waals surface area contributed by atoms with Gasteiger partial charge in [0.05, 0.1) is 35.9 Å². The number of halogens is 3. The summed E-state index contributed by atoms with van der Waals surface area (Å²) >= 11 is 0. The Morgan fingerprint density at radius 1 is 1.28 bits per heavy atom. The van der Waals surface area contributed by atoms with Gasteiger partial charge >= 0.3 is 0 Å². The average Bonchev–Trinajstić information content (AvgIpc) is 2.59. The molecule has 2 aromatic rings. The maximum atomic E-state index is 14.1. The van der Waals surface area contributed by atoms with Crippen LogP contribution in [0, 0.1) is 17.5 Å². The van der Waals surface area contributed by atoms with Crippen LogP contribution in [-0.2, 0) is 4.84 Å². The van der Waals surface area contributed by atoms with Crippen LogP contribution in [0.3, 0.4) is 0 Å². The summed E-state index contributed by atoms with van der Waals surface area (Å²) in [7, 11) is 0. The first-order chi connectivity index (χ1) is 11.9. The zero-order valence-electron chi connectivity index (χ0n) is 12.7. The zero-order valence-corrected chi connectivity index (χ0v) is 12.7. The highest BCUT2D eigenvalue weighted by molar-refractivity contribution is 5.99. The van der Waals surface area contributed by atoms with Crippen molar-refractivity contribution in [1.82, 2.24) is 10.5 Å². The Balaban J connectivity index is 2.23. The number of hydrogen-bond donors (Lipinski definition) is 4. The average molecular weight is 357 g/mol. The molecular formula is C15H14F3N3O4. The molecule has 10 heteroatoms. The molecule has 134 valence electrons. The number of nitrogens with one attached hydrogen (secondary N) is 2. The number of anilines is 2. The van der Waals surface area contributed by atoms with Gasteiger partial charge in [-0.2, -0.15) is 0 Å². The predicted molar refractivity (Wildman–Crippen MR) is 80.3 cm³/mol. The molecule has 1 heterocycles. The summed E-state index contributed by atoms with van der Waals surface area (Å²) in [6.45, 7) is -0.997. The van der Waals surface area contributed by atoms with E-state index in [2.05, 4.69) is 15.1 Å². The third-order valence-electron chi connectivity index (χ3n) is 2.97. The number of amides is 1. The summed E-state index contributed by atoms with van der Waals surface area (Å²) in [5.41, 5.74) is 1.04. The standard InChI is InChI=1S/C15H14F3N3O4/c16-8-3-9(5-19-4-8)20-14-11(1-2-12(17)13(14)18)15(24)21-25-7-10(23)6-22/h1-5,10,20,22-23H,6-7H2,(H,21,24). The van der Waals surface area contributed by atoms with Crippen molar-refractivity contribution < 1.29 is 33.0 Å². The normalized spacial score (nSPS) is 11.9. The molecule has 0 aliphatic rings. The number of carbonyl (C=O) groups excluding carboxylic acids is 1. The molecule has 7 nitrogen and oxygen atoms in total. The van der Waals surface area contributed by atoms with E-state index in [1.807, 2.05) is 5.48 Å². The van der Waals surface area contributed by atoms with E-state index in [1.165, 1.54) is 0 Å². The highest BCUT2D eigenvalue weighted by atomic mass is 19.2. The van der Waals surface area contributed by atoms with Gasteiger partial charge in [0.1, 0.15) is 18.5 Å². The molecule has 0 saturated carbocycles. The van der Waals surface area contributed by atoms with Crippen molar-refractivity contribution in [3.05, 3.63) is 53.6 Å². The monoisotopic (exact) mass is 357 g/mol. The van der Waals surface area contributed by atoms with Gasteiger partial charge in [-0.1, -0.05) is 0 Å². The number of rotatable bonds is 7. The van der Waals surface area contributed by atoms with Crippen molar-refractivity contribution in [3.63, 3.8) is 0 Å². The summed E-state index contributed by atoms with van der Waals surface area (Å²) in [6.07, 6.45) is 0.853. The Bertz CT molecular complexity index is 761. The van der Waals surface area contributed by atoms with E-state index in [0.29, 0.717) is 0 Å². The maximum absolute atomic E-state index is 14.1. The molecule has 0 aliphatic heterocycles.